The van der Waals surface area contributed by atoms with Crippen LogP contribution in [0.5, 0.6) is 0 Å². The predicted octanol–water partition coefficient (Wildman–Crippen LogP) is 6.59. The van der Waals surface area contributed by atoms with E-state index in [1.807, 2.05) is 97.1 Å². The lowest BCUT2D eigenvalue weighted by Gasteiger charge is -2.17. The highest BCUT2D eigenvalue weighted by molar-refractivity contribution is 7.87. The molecule has 0 N–H and O–H groups in total. The molecule has 0 radical (unpaired) electrons. The Morgan fingerprint density at radius 3 is 0.825 bits per heavy atom. The second-order valence-electron chi connectivity index (χ2n) is 10.4. The first-order chi connectivity index (χ1) is 19.6. The first-order valence-corrected chi connectivity index (χ1v) is 16.8. The van der Waals surface area contributed by atoms with Gasteiger partial charge in [-0.2, -0.15) is 0 Å². The maximum atomic E-state index is 14.7. The summed E-state index contributed by atoms with van der Waals surface area (Å²) in [5.74, 6) is 0. The fourth-order valence-electron chi connectivity index (χ4n) is 6.45. The Morgan fingerprint density at radius 1 is 0.300 bits per heavy atom. The molecule has 8 rings (SSSR count). The van der Waals surface area contributed by atoms with Gasteiger partial charge < -0.3 is 9.13 Å². The summed E-state index contributed by atoms with van der Waals surface area (Å²) in [5, 5.41) is 5.33. The Balaban J connectivity index is 1.17. The fourth-order valence-corrected chi connectivity index (χ4v) is 12.5. The molecule has 0 bridgehead atoms. The topological polar surface area (TPSA) is 34.1 Å². The lowest BCUT2D eigenvalue weighted by Crippen LogP contribution is -2.21. The van der Waals surface area contributed by atoms with Crippen LogP contribution in [0.2, 0.25) is 0 Å². The van der Waals surface area contributed by atoms with Crippen LogP contribution in [-0.4, -0.2) is 0 Å². The van der Waals surface area contributed by atoms with Crippen molar-refractivity contribution in [1.29, 1.82) is 0 Å². The van der Waals surface area contributed by atoms with E-state index in [1.165, 1.54) is 0 Å². The van der Waals surface area contributed by atoms with Crippen molar-refractivity contribution in [2.45, 2.75) is 0 Å². The summed E-state index contributed by atoms with van der Waals surface area (Å²) < 4.78 is 29.4. The molecular weight excluding hydrogens is 526 g/mol. The van der Waals surface area contributed by atoms with Gasteiger partial charge in [0.2, 0.25) is 0 Å². The largest absolute Gasteiger partial charge is 0.309 e. The van der Waals surface area contributed by atoms with Gasteiger partial charge in [0, 0.05) is 31.8 Å². The molecule has 6 aromatic carbocycles. The van der Waals surface area contributed by atoms with Crippen LogP contribution in [-0.2, 0) is 9.13 Å². The number of fused-ring (bicyclic) bond motifs is 6. The Bertz CT molecular complexity index is 1810. The Hall–Kier alpha value is -4.22. The van der Waals surface area contributed by atoms with Crippen molar-refractivity contribution in [2.24, 2.45) is 0 Å². The lowest BCUT2D eigenvalue weighted by atomic mass is 10.1. The van der Waals surface area contributed by atoms with Gasteiger partial charge in [-0.15, -0.1) is 0 Å². The average Bonchev–Trinajstić information content (AvgIpc) is 3.45. The maximum absolute atomic E-state index is 14.7. The molecule has 40 heavy (non-hydrogen) atoms. The summed E-state index contributed by atoms with van der Waals surface area (Å²) in [5.41, 5.74) is 6.32. The highest BCUT2D eigenvalue weighted by Crippen LogP contribution is 2.53. The van der Waals surface area contributed by atoms with Gasteiger partial charge in [0.1, 0.15) is 0 Å². The zero-order valence-electron chi connectivity index (χ0n) is 21.6. The van der Waals surface area contributed by atoms with Gasteiger partial charge in [-0.3, -0.25) is 0 Å². The van der Waals surface area contributed by atoms with Gasteiger partial charge in [0.15, 0.2) is 14.3 Å². The van der Waals surface area contributed by atoms with Crippen molar-refractivity contribution in [1.82, 2.24) is 0 Å². The third-order valence-electron chi connectivity index (χ3n) is 8.35. The number of rotatable bonds is 3. The molecule has 4 heteroatoms. The first-order valence-electron chi connectivity index (χ1n) is 13.4. The number of hydrogen-bond acceptors (Lipinski definition) is 2. The molecule has 6 aromatic rings. The third kappa shape index (κ3) is 3.12. The van der Waals surface area contributed by atoms with Crippen molar-refractivity contribution >= 4 is 46.1 Å². The molecule has 0 atom stereocenters. The summed E-state index contributed by atoms with van der Waals surface area (Å²) in [6.07, 6.45) is 0. The van der Waals surface area contributed by atoms with Crippen molar-refractivity contribution < 1.29 is 9.13 Å². The molecule has 0 spiro atoms. The monoisotopic (exact) mass is 550 g/mol. The molecule has 2 aliphatic rings. The van der Waals surface area contributed by atoms with E-state index in [9.17, 15) is 9.13 Å². The summed E-state index contributed by atoms with van der Waals surface area (Å²) in [7, 11) is -5.89. The zero-order valence-corrected chi connectivity index (χ0v) is 23.4. The summed E-state index contributed by atoms with van der Waals surface area (Å²) in [4.78, 5) is 0. The van der Waals surface area contributed by atoms with E-state index in [-0.39, 0.29) is 0 Å². The van der Waals surface area contributed by atoms with Gasteiger partial charge in [-0.25, -0.2) is 0 Å². The van der Waals surface area contributed by atoms with Crippen LogP contribution in [0, 0.1) is 0 Å². The summed E-state index contributed by atoms with van der Waals surface area (Å²) in [6.45, 7) is 0. The van der Waals surface area contributed by atoms with E-state index in [0.29, 0.717) is 0 Å². The van der Waals surface area contributed by atoms with E-state index in [0.717, 1.165) is 65.2 Å². The maximum Gasteiger partial charge on any atom is 0.172 e. The van der Waals surface area contributed by atoms with E-state index >= 15 is 0 Å². The van der Waals surface area contributed by atoms with Crippen LogP contribution >= 0.6 is 14.3 Å². The van der Waals surface area contributed by atoms with Crippen LogP contribution in [0.4, 0.5) is 0 Å². The van der Waals surface area contributed by atoms with Crippen LogP contribution < -0.4 is 31.8 Å². The molecule has 2 aliphatic heterocycles. The van der Waals surface area contributed by atoms with Crippen molar-refractivity contribution in [3.05, 3.63) is 146 Å². The van der Waals surface area contributed by atoms with Crippen LogP contribution in [0.15, 0.2) is 146 Å². The van der Waals surface area contributed by atoms with Crippen molar-refractivity contribution in [3.63, 3.8) is 0 Å². The Kier molecular flexibility index (Phi) is 5.11. The van der Waals surface area contributed by atoms with Gasteiger partial charge in [0.05, 0.1) is 0 Å². The molecular formula is C36H24O2P2. The Labute approximate surface area is 233 Å². The SMILES string of the molecule is O=P1(c2ccc(-c3ccc(P4(=O)c5ccccc5-c5ccccc54)cc3)cc2)c2ccccc2-c2ccccc21. The van der Waals surface area contributed by atoms with Crippen molar-refractivity contribution in [2.75, 3.05) is 0 Å². The minimum absolute atomic E-state index is 0.842. The standard InChI is InChI=1S/C36H24O2P2/c37-39(33-13-5-1-9-29(33)30-10-2-6-14-34(30)39)27-21-17-25(18-22-27)26-19-23-28(24-20-26)40(38)35-15-7-3-11-31(35)32-12-4-8-16-36(32)40/h1-24H. The van der Waals surface area contributed by atoms with E-state index in [1.54, 1.807) is 0 Å². The second-order valence-corrected chi connectivity index (χ2v) is 15.8. The smallest absolute Gasteiger partial charge is 0.172 e. The van der Waals surface area contributed by atoms with Gasteiger partial charge in [-0.05, 0) is 33.4 Å². The lowest BCUT2D eigenvalue weighted by molar-refractivity contribution is 0.592. The number of hydrogen-bond donors (Lipinski definition) is 0. The van der Waals surface area contributed by atoms with Crippen LogP contribution in [0.3, 0.4) is 0 Å². The van der Waals surface area contributed by atoms with E-state index < -0.39 is 14.3 Å². The van der Waals surface area contributed by atoms with E-state index in [2.05, 4.69) is 48.5 Å². The van der Waals surface area contributed by atoms with Gasteiger partial charge in [-0.1, -0.05) is 146 Å². The molecule has 190 valence electrons. The van der Waals surface area contributed by atoms with Gasteiger partial charge >= 0.3 is 0 Å². The molecule has 2 nitrogen and oxygen atoms in total. The molecule has 0 aromatic heterocycles. The summed E-state index contributed by atoms with van der Waals surface area (Å²) in [6, 6.07) is 48.4. The molecule has 0 unspecified atom stereocenters. The molecule has 0 saturated heterocycles. The molecule has 0 amide bonds. The highest BCUT2D eigenvalue weighted by atomic mass is 31.2. The number of benzene rings is 6. The minimum Gasteiger partial charge on any atom is -0.309 e. The second kappa shape index (κ2) is 8.64. The van der Waals surface area contributed by atoms with E-state index in [4.69, 9.17) is 0 Å². The quantitative estimate of drug-likeness (QED) is 0.233. The normalized spacial score (nSPS) is 15.1. The fraction of sp³-hybridized carbons (Fsp3) is 0. The van der Waals surface area contributed by atoms with Crippen molar-refractivity contribution in [3.8, 4) is 33.4 Å². The Morgan fingerprint density at radius 2 is 0.550 bits per heavy atom. The average molecular weight is 551 g/mol. The molecule has 0 fully saturated rings. The first kappa shape index (κ1) is 23.6. The molecule has 2 heterocycles. The zero-order chi connectivity index (χ0) is 26.9. The third-order valence-corrected chi connectivity index (χ3v) is 14.7. The minimum atomic E-state index is -2.94. The molecule has 0 saturated carbocycles. The highest BCUT2D eigenvalue weighted by Gasteiger charge is 2.41. The van der Waals surface area contributed by atoms with Gasteiger partial charge in [0.25, 0.3) is 0 Å². The molecule has 0 aliphatic carbocycles. The van der Waals surface area contributed by atoms with Crippen LogP contribution in [0.25, 0.3) is 33.4 Å². The predicted molar refractivity (Wildman–Crippen MR) is 169 cm³/mol. The van der Waals surface area contributed by atoms with Crippen LogP contribution in [0.1, 0.15) is 0 Å². The summed E-state index contributed by atoms with van der Waals surface area (Å²) >= 11 is 0.